The molecule has 0 fully saturated rings. The highest BCUT2D eigenvalue weighted by molar-refractivity contribution is 7.80. The second kappa shape index (κ2) is 4.50. The molecule has 0 unspecified atom stereocenters. The van der Waals surface area contributed by atoms with Gasteiger partial charge in [0.25, 0.3) is 5.17 Å². The van der Waals surface area contributed by atoms with Crippen LogP contribution < -0.4 is 5.43 Å². The molecule has 0 radical (unpaired) electrons. The molecule has 12 heavy (non-hydrogen) atoms. The molecule has 0 bridgehead atoms. The van der Waals surface area contributed by atoms with Crippen LogP contribution >= 0.6 is 12.2 Å². The Balaban J connectivity index is 2.37. The van der Waals surface area contributed by atoms with Crippen LogP contribution in [0.25, 0.3) is 0 Å². The molecule has 0 aromatic carbocycles. The summed E-state index contributed by atoms with van der Waals surface area (Å²) in [5, 5.41) is 4.06. The van der Waals surface area contributed by atoms with Gasteiger partial charge in [-0.15, -0.1) is 0 Å². The van der Waals surface area contributed by atoms with Crippen molar-refractivity contribution in [1.82, 2.24) is 10.4 Å². The molecule has 0 aliphatic heterocycles. The molecular weight excluding hydrogens is 174 g/mol. The fourth-order valence-electron chi connectivity index (χ4n) is 0.625. The van der Waals surface area contributed by atoms with E-state index in [0.29, 0.717) is 0 Å². The van der Waals surface area contributed by atoms with Crippen LogP contribution in [0.1, 0.15) is 5.69 Å². The van der Waals surface area contributed by atoms with Gasteiger partial charge in [0.05, 0.1) is 19.0 Å². The maximum absolute atomic E-state index is 4.69. The van der Waals surface area contributed by atoms with Crippen LogP contribution in [0, 0.1) is 0 Å². The van der Waals surface area contributed by atoms with Crippen molar-refractivity contribution in [2.75, 3.05) is 7.11 Å². The van der Waals surface area contributed by atoms with Crippen LogP contribution in [0.15, 0.2) is 23.4 Å². The Kier molecular flexibility index (Phi) is 3.28. The van der Waals surface area contributed by atoms with Crippen LogP contribution in [0.5, 0.6) is 0 Å². The van der Waals surface area contributed by atoms with E-state index in [4.69, 9.17) is 12.2 Å². The zero-order valence-electron chi connectivity index (χ0n) is 6.57. The number of methoxy groups -OCH3 is 1. The highest BCUT2D eigenvalue weighted by Gasteiger charge is 1.87. The summed E-state index contributed by atoms with van der Waals surface area (Å²) in [5.74, 6) is 0. The number of hydrazone groups is 1. The summed E-state index contributed by atoms with van der Waals surface area (Å²) in [7, 11) is 1.49. The number of aromatic nitrogens is 1. The SMILES string of the molecule is COC(=S)N/N=C/c1ccc[nH]1. The predicted octanol–water partition coefficient (Wildman–Crippen LogP) is 0.869. The maximum Gasteiger partial charge on any atom is 0.277 e. The first-order valence-electron chi connectivity index (χ1n) is 3.33. The largest absolute Gasteiger partial charge is 0.473 e. The van der Waals surface area contributed by atoms with Gasteiger partial charge in [0, 0.05) is 6.20 Å². The molecule has 0 aliphatic carbocycles. The average Bonchev–Trinajstić information content (AvgIpc) is 2.57. The van der Waals surface area contributed by atoms with E-state index in [2.05, 4.69) is 20.2 Å². The fraction of sp³-hybridized carbons (Fsp3) is 0.143. The number of ether oxygens (including phenoxy) is 1. The number of thiocarbonyl (C=S) groups is 1. The highest BCUT2D eigenvalue weighted by atomic mass is 32.1. The van der Waals surface area contributed by atoms with Crippen LogP contribution in [-0.2, 0) is 4.74 Å². The Hall–Kier alpha value is -1.36. The Morgan fingerprint density at radius 2 is 2.67 bits per heavy atom. The summed E-state index contributed by atoms with van der Waals surface area (Å²) in [5.41, 5.74) is 3.43. The minimum atomic E-state index is 0.248. The predicted molar refractivity (Wildman–Crippen MR) is 51.1 cm³/mol. The number of H-pyrrole nitrogens is 1. The van der Waals surface area contributed by atoms with Crippen LogP contribution in [0.3, 0.4) is 0 Å². The number of nitrogens with zero attached hydrogens (tertiary/aromatic N) is 1. The number of nitrogens with one attached hydrogen (secondary N) is 2. The van der Waals surface area contributed by atoms with Gasteiger partial charge < -0.3 is 9.72 Å². The van der Waals surface area contributed by atoms with Crippen LogP contribution in [0.4, 0.5) is 0 Å². The molecule has 1 aromatic heterocycles. The second-order valence-electron chi connectivity index (χ2n) is 1.99. The summed E-state index contributed by atoms with van der Waals surface area (Å²) in [4.78, 5) is 2.96. The van der Waals surface area contributed by atoms with Crippen molar-refractivity contribution in [3.8, 4) is 0 Å². The van der Waals surface area contributed by atoms with E-state index in [1.807, 2.05) is 18.3 Å². The van der Waals surface area contributed by atoms with Crippen molar-refractivity contribution in [1.29, 1.82) is 0 Å². The molecule has 5 heteroatoms. The molecule has 1 aromatic rings. The maximum atomic E-state index is 4.69. The minimum Gasteiger partial charge on any atom is -0.473 e. The molecule has 0 spiro atoms. The summed E-state index contributed by atoms with van der Waals surface area (Å²) in [6, 6.07) is 3.77. The first kappa shape index (κ1) is 8.73. The zero-order chi connectivity index (χ0) is 8.81. The molecule has 0 saturated carbocycles. The van der Waals surface area contributed by atoms with E-state index in [1.54, 1.807) is 6.21 Å². The Morgan fingerprint density at radius 1 is 1.83 bits per heavy atom. The van der Waals surface area contributed by atoms with Crippen LogP contribution in [-0.4, -0.2) is 23.5 Å². The first-order valence-corrected chi connectivity index (χ1v) is 3.74. The average molecular weight is 183 g/mol. The number of hydrogen-bond donors (Lipinski definition) is 2. The molecule has 1 rings (SSSR count). The van der Waals surface area contributed by atoms with Gasteiger partial charge in [-0.3, -0.25) is 0 Å². The smallest absolute Gasteiger partial charge is 0.277 e. The molecule has 0 aliphatic rings. The third-order valence-corrected chi connectivity index (χ3v) is 1.42. The van der Waals surface area contributed by atoms with Crippen molar-refractivity contribution < 1.29 is 4.74 Å². The third kappa shape index (κ3) is 2.71. The van der Waals surface area contributed by atoms with E-state index in [9.17, 15) is 0 Å². The second-order valence-corrected chi connectivity index (χ2v) is 2.36. The Labute approximate surface area is 75.6 Å². The van der Waals surface area contributed by atoms with Gasteiger partial charge in [0.2, 0.25) is 0 Å². The quantitative estimate of drug-likeness (QED) is 0.406. The van der Waals surface area contributed by atoms with E-state index in [-0.39, 0.29) is 5.17 Å². The molecule has 0 amide bonds. The van der Waals surface area contributed by atoms with E-state index in [0.717, 1.165) is 5.69 Å². The Bertz CT molecular complexity index is 268. The topological polar surface area (TPSA) is 49.4 Å². The summed E-state index contributed by atoms with van der Waals surface area (Å²) >= 11 is 4.69. The third-order valence-electron chi connectivity index (χ3n) is 1.17. The summed E-state index contributed by atoms with van der Waals surface area (Å²) in [6.07, 6.45) is 3.43. The van der Waals surface area contributed by atoms with Gasteiger partial charge in [-0.2, -0.15) is 5.10 Å². The number of rotatable bonds is 2. The zero-order valence-corrected chi connectivity index (χ0v) is 7.39. The normalized spacial score (nSPS) is 10.1. The minimum absolute atomic E-state index is 0.248. The molecule has 0 saturated heterocycles. The van der Waals surface area contributed by atoms with Crippen molar-refractivity contribution in [2.45, 2.75) is 0 Å². The lowest BCUT2D eigenvalue weighted by atomic mass is 10.5. The van der Waals surface area contributed by atoms with Gasteiger partial charge >= 0.3 is 0 Å². The van der Waals surface area contributed by atoms with Crippen molar-refractivity contribution in [3.05, 3.63) is 24.0 Å². The van der Waals surface area contributed by atoms with Crippen LogP contribution in [0.2, 0.25) is 0 Å². The molecule has 1 heterocycles. The van der Waals surface area contributed by atoms with Gasteiger partial charge in [0.1, 0.15) is 0 Å². The van der Waals surface area contributed by atoms with E-state index >= 15 is 0 Å². The monoisotopic (exact) mass is 183 g/mol. The van der Waals surface area contributed by atoms with Crippen molar-refractivity contribution >= 4 is 23.6 Å². The first-order chi connectivity index (χ1) is 5.83. The summed E-state index contributed by atoms with van der Waals surface area (Å²) in [6.45, 7) is 0. The Morgan fingerprint density at radius 3 is 3.25 bits per heavy atom. The standard InChI is InChI=1S/C7H9N3OS/c1-11-7(12)10-9-5-6-3-2-4-8-6/h2-5,8H,1H3,(H,10,12)/b9-5+. The van der Waals surface area contributed by atoms with Crippen molar-refractivity contribution in [3.63, 3.8) is 0 Å². The lowest BCUT2D eigenvalue weighted by molar-refractivity contribution is 0.395. The fourth-order valence-corrected chi connectivity index (χ4v) is 0.677. The molecule has 4 nitrogen and oxygen atoms in total. The number of hydrogen-bond acceptors (Lipinski definition) is 3. The van der Waals surface area contributed by atoms with Gasteiger partial charge in [-0.05, 0) is 24.4 Å². The van der Waals surface area contributed by atoms with Gasteiger partial charge in [-0.25, -0.2) is 5.43 Å². The molecular formula is C7H9N3OS. The lowest BCUT2D eigenvalue weighted by Crippen LogP contribution is -2.16. The molecule has 64 valence electrons. The van der Waals surface area contributed by atoms with E-state index in [1.165, 1.54) is 7.11 Å². The highest BCUT2D eigenvalue weighted by Crippen LogP contribution is 1.87. The van der Waals surface area contributed by atoms with Gasteiger partial charge in [0.15, 0.2) is 0 Å². The summed E-state index contributed by atoms with van der Waals surface area (Å²) < 4.78 is 4.67. The van der Waals surface area contributed by atoms with E-state index < -0.39 is 0 Å². The molecule has 2 N–H and O–H groups in total. The van der Waals surface area contributed by atoms with Crippen molar-refractivity contribution in [2.24, 2.45) is 5.10 Å². The number of aromatic amines is 1. The molecule has 0 atom stereocenters. The lowest BCUT2D eigenvalue weighted by Gasteiger charge is -1.97. The van der Waals surface area contributed by atoms with Gasteiger partial charge in [-0.1, -0.05) is 0 Å².